The van der Waals surface area contributed by atoms with Gasteiger partial charge in [-0.2, -0.15) is 0 Å². The fourth-order valence-corrected chi connectivity index (χ4v) is 9.14. The van der Waals surface area contributed by atoms with Gasteiger partial charge >= 0.3 is 0 Å². The summed E-state index contributed by atoms with van der Waals surface area (Å²) >= 11 is 0. The van der Waals surface area contributed by atoms with Crippen molar-refractivity contribution < 1.29 is 0 Å². The maximum Gasteiger partial charge on any atom is 0.160 e. The molecule has 3 heterocycles. The first-order valence-corrected chi connectivity index (χ1v) is 19.6. The van der Waals surface area contributed by atoms with E-state index in [4.69, 9.17) is 9.97 Å². The van der Waals surface area contributed by atoms with E-state index in [1.165, 1.54) is 38.6 Å². The number of hydrogen-bond acceptors (Lipinski definition) is 3. The Morgan fingerprint density at radius 3 is 1.82 bits per heavy atom. The Morgan fingerprint density at radius 2 is 1.07 bits per heavy atom. The van der Waals surface area contributed by atoms with Gasteiger partial charge in [0, 0.05) is 50.4 Å². The third-order valence-electron chi connectivity index (χ3n) is 11.8. The van der Waals surface area contributed by atoms with E-state index in [1.54, 1.807) is 0 Å². The molecule has 2 atom stereocenters. The van der Waals surface area contributed by atoms with Crippen LogP contribution in [0.5, 0.6) is 0 Å². The number of nitrogens with zero attached hydrogens (tertiary/aromatic N) is 4. The van der Waals surface area contributed by atoms with Gasteiger partial charge < -0.3 is 9.47 Å². The van der Waals surface area contributed by atoms with Crippen LogP contribution >= 0.6 is 0 Å². The number of aromatic nitrogens is 3. The van der Waals surface area contributed by atoms with Crippen LogP contribution in [0.25, 0.3) is 72.5 Å². The summed E-state index contributed by atoms with van der Waals surface area (Å²) in [5.41, 5.74) is 13.8. The van der Waals surface area contributed by atoms with Gasteiger partial charge in [0.1, 0.15) is 0 Å². The first-order valence-electron chi connectivity index (χ1n) is 19.6. The Morgan fingerprint density at radius 1 is 0.474 bits per heavy atom. The number of fused-ring (bicyclic) bond motifs is 6. The Balaban J connectivity index is 1.18. The van der Waals surface area contributed by atoms with E-state index in [9.17, 15) is 0 Å². The lowest BCUT2D eigenvalue weighted by Gasteiger charge is -2.39. The van der Waals surface area contributed by atoms with Crippen molar-refractivity contribution in [2.24, 2.45) is 0 Å². The zero-order valence-corrected chi connectivity index (χ0v) is 31.5. The first-order chi connectivity index (χ1) is 28.1. The van der Waals surface area contributed by atoms with Crippen molar-refractivity contribution in [1.82, 2.24) is 14.5 Å². The van der Waals surface area contributed by atoms with Crippen molar-refractivity contribution in [3.63, 3.8) is 0 Å². The van der Waals surface area contributed by atoms with E-state index in [0.29, 0.717) is 5.82 Å². The largest absolute Gasteiger partial charge is 0.331 e. The van der Waals surface area contributed by atoms with Crippen LogP contribution < -0.4 is 4.90 Å². The molecule has 0 saturated carbocycles. The number of hydrogen-bond donors (Lipinski definition) is 0. The predicted octanol–water partition coefficient (Wildman–Crippen LogP) is 13.4. The molecule has 11 rings (SSSR count). The second kappa shape index (κ2) is 13.2. The van der Waals surface area contributed by atoms with Crippen LogP contribution in [-0.2, 0) is 0 Å². The highest BCUT2D eigenvalue weighted by Crippen LogP contribution is 2.54. The molecule has 0 bridgehead atoms. The number of allylic oxidation sites excluding steroid dienone is 2. The molecule has 0 saturated heterocycles. The number of benzene rings is 7. The molecular formula is C53H38N4. The smallest absolute Gasteiger partial charge is 0.160 e. The Kier molecular flexibility index (Phi) is 7.65. The number of rotatable bonds is 6. The summed E-state index contributed by atoms with van der Waals surface area (Å²) < 4.78 is 2.42. The third-order valence-corrected chi connectivity index (χ3v) is 11.8. The maximum atomic E-state index is 5.37. The molecule has 2 aliphatic rings. The molecule has 1 aliphatic carbocycles. The first kappa shape index (κ1) is 33.1. The lowest BCUT2D eigenvalue weighted by atomic mass is 9.80. The van der Waals surface area contributed by atoms with E-state index < -0.39 is 0 Å². The van der Waals surface area contributed by atoms with Crippen LogP contribution in [-0.4, -0.2) is 20.1 Å². The molecule has 1 aliphatic heterocycles. The maximum absolute atomic E-state index is 5.37. The summed E-state index contributed by atoms with van der Waals surface area (Å²) in [5, 5.41) is 2.46. The molecule has 0 fully saturated rings. The second-order valence-electron chi connectivity index (χ2n) is 15.2. The molecule has 4 nitrogen and oxygen atoms in total. The Bertz CT molecular complexity index is 3000. The summed E-state index contributed by atoms with van der Waals surface area (Å²) in [7, 11) is 0. The van der Waals surface area contributed by atoms with Gasteiger partial charge in [-0.3, -0.25) is 0 Å². The molecule has 270 valence electrons. The molecule has 7 aromatic carbocycles. The molecule has 2 unspecified atom stereocenters. The molecule has 4 heteroatoms. The predicted molar refractivity (Wildman–Crippen MR) is 236 cm³/mol. The minimum atomic E-state index is -0.306. The molecular weight excluding hydrogens is 693 g/mol. The highest BCUT2D eigenvalue weighted by molar-refractivity contribution is 6.09. The van der Waals surface area contributed by atoms with Gasteiger partial charge in [-0.15, -0.1) is 0 Å². The molecule has 0 N–H and O–H groups in total. The van der Waals surface area contributed by atoms with Crippen molar-refractivity contribution in [2.45, 2.75) is 18.4 Å². The van der Waals surface area contributed by atoms with Crippen molar-refractivity contribution in [2.75, 3.05) is 4.90 Å². The summed E-state index contributed by atoms with van der Waals surface area (Å²) in [4.78, 5) is 13.2. The molecule has 0 amide bonds. The SMILES string of the molecule is CC12C=CC=CC1c1ccccc1N2c1cc(-c2cc(-c3cccc(-c4ccccc4)c3)nc(-c3ccccc3)n2)cc(-n2c3ccccc3c3ccccc32)c1. The van der Waals surface area contributed by atoms with Gasteiger partial charge in [-0.25, -0.2) is 9.97 Å². The number of para-hydroxylation sites is 3. The fourth-order valence-electron chi connectivity index (χ4n) is 9.14. The lowest BCUT2D eigenvalue weighted by molar-refractivity contribution is 0.542. The van der Waals surface area contributed by atoms with E-state index >= 15 is 0 Å². The van der Waals surface area contributed by atoms with Gasteiger partial charge in [-0.1, -0.05) is 158 Å². The summed E-state index contributed by atoms with van der Waals surface area (Å²) in [6.07, 6.45) is 9.09. The molecule has 0 radical (unpaired) electrons. The zero-order chi connectivity index (χ0) is 37.9. The van der Waals surface area contributed by atoms with Crippen LogP contribution in [0.2, 0.25) is 0 Å². The third kappa shape index (κ3) is 5.44. The van der Waals surface area contributed by atoms with Crippen molar-refractivity contribution in [3.05, 3.63) is 212 Å². The molecule has 0 spiro atoms. The van der Waals surface area contributed by atoms with Crippen LogP contribution in [0, 0.1) is 0 Å². The normalized spacial score (nSPS) is 16.9. The van der Waals surface area contributed by atoms with Gasteiger partial charge in [-0.05, 0) is 72.1 Å². The van der Waals surface area contributed by atoms with Crippen LogP contribution in [0.1, 0.15) is 18.4 Å². The minimum absolute atomic E-state index is 0.214. The van der Waals surface area contributed by atoms with Crippen molar-refractivity contribution in [1.29, 1.82) is 0 Å². The minimum Gasteiger partial charge on any atom is -0.331 e. The zero-order valence-electron chi connectivity index (χ0n) is 31.5. The van der Waals surface area contributed by atoms with Crippen molar-refractivity contribution in [3.8, 4) is 50.7 Å². The summed E-state index contributed by atoms with van der Waals surface area (Å²) in [5.74, 6) is 0.905. The summed E-state index contributed by atoms with van der Waals surface area (Å²) in [6.45, 7) is 2.36. The fraction of sp³-hybridized carbons (Fsp3) is 0.0566. The van der Waals surface area contributed by atoms with Crippen LogP contribution in [0.15, 0.2) is 206 Å². The van der Waals surface area contributed by atoms with E-state index in [1.807, 2.05) is 6.07 Å². The van der Waals surface area contributed by atoms with Gasteiger partial charge in [0.05, 0.1) is 28.0 Å². The molecule has 2 aromatic heterocycles. The topological polar surface area (TPSA) is 34.0 Å². The lowest BCUT2D eigenvalue weighted by Crippen LogP contribution is -2.42. The average molecular weight is 731 g/mol. The highest BCUT2D eigenvalue weighted by Gasteiger charge is 2.47. The van der Waals surface area contributed by atoms with Crippen molar-refractivity contribution >= 4 is 33.2 Å². The standard InChI is InChI=1S/C53H38N4/c1-53-30-15-14-26-46(53)45-25-10-13-29-51(45)57(53)42-33-40(32-41(34-42)56-49-27-11-8-23-43(49)44-24-9-12-28-50(44)56)48-35-47(54-52(55-48)37-19-6-3-7-20-37)39-22-16-21-38(31-39)36-17-4-2-5-18-36/h2-35,46H,1H3. The highest BCUT2D eigenvalue weighted by atomic mass is 15.2. The van der Waals surface area contributed by atoms with Gasteiger partial charge in [0.25, 0.3) is 0 Å². The van der Waals surface area contributed by atoms with E-state index in [2.05, 4.69) is 217 Å². The summed E-state index contributed by atoms with van der Waals surface area (Å²) in [6, 6.07) is 65.0. The van der Waals surface area contributed by atoms with E-state index in [-0.39, 0.29) is 11.5 Å². The Labute approximate surface area is 332 Å². The monoisotopic (exact) mass is 730 g/mol. The van der Waals surface area contributed by atoms with Crippen LogP contribution in [0.3, 0.4) is 0 Å². The van der Waals surface area contributed by atoms with Gasteiger partial charge in [0.15, 0.2) is 5.82 Å². The number of anilines is 2. The average Bonchev–Trinajstić information content (AvgIpc) is 3.76. The van der Waals surface area contributed by atoms with Crippen LogP contribution in [0.4, 0.5) is 11.4 Å². The molecule has 9 aromatic rings. The van der Waals surface area contributed by atoms with E-state index in [0.717, 1.165) is 45.0 Å². The second-order valence-corrected chi connectivity index (χ2v) is 15.2. The quantitative estimate of drug-likeness (QED) is 0.171. The van der Waals surface area contributed by atoms with Gasteiger partial charge in [0.2, 0.25) is 0 Å². The molecule has 57 heavy (non-hydrogen) atoms. The Hall–Kier alpha value is -7.30.